The van der Waals surface area contributed by atoms with Crippen molar-refractivity contribution in [3.8, 4) is 0 Å². The topological polar surface area (TPSA) is 230 Å². The molecule has 152 valence electrons. The first-order chi connectivity index (χ1) is 12.3. The molecular weight excluding hydrogens is 376 g/mol. The van der Waals surface area contributed by atoms with E-state index >= 15 is 0 Å². The largest absolute Gasteiger partial charge is 0.481 e. The third-order valence-electron chi connectivity index (χ3n) is 3.42. The molecule has 0 spiro atoms. The van der Waals surface area contributed by atoms with Gasteiger partial charge in [-0.25, -0.2) is 19.2 Å². The lowest BCUT2D eigenvalue weighted by atomic mass is 10.1. The number of carboxylic acids is 4. The molecule has 0 aliphatic carbocycles. The van der Waals surface area contributed by atoms with Crippen molar-refractivity contribution in [1.82, 2.24) is 9.80 Å². The average Bonchev–Trinajstić information content (AvgIpc) is 2.48. The molecule has 14 nitrogen and oxygen atoms in total. The molecule has 0 bridgehead atoms. The van der Waals surface area contributed by atoms with Crippen LogP contribution in [0.15, 0.2) is 0 Å². The molecule has 6 N–H and O–H groups in total. The van der Waals surface area contributed by atoms with Gasteiger partial charge in [-0.2, -0.15) is 0 Å². The van der Waals surface area contributed by atoms with Crippen LogP contribution in [-0.4, -0.2) is 101 Å². The Kier molecular flexibility index (Phi) is 8.49. The number of rotatable bonds is 11. The molecule has 0 aliphatic rings. The van der Waals surface area contributed by atoms with Crippen LogP contribution in [0.4, 0.5) is 9.59 Å². The van der Waals surface area contributed by atoms with Crippen LogP contribution in [0, 0.1) is 0 Å². The number of aliphatic carboxylic acids is 4. The molecular formula is C13H18N2O12. The van der Waals surface area contributed by atoms with Gasteiger partial charge in [-0.15, -0.1) is 0 Å². The van der Waals surface area contributed by atoms with Gasteiger partial charge in [-0.3, -0.25) is 19.4 Å². The van der Waals surface area contributed by atoms with Gasteiger partial charge in [0.05, 0.1) is 18.9 Å². The zero-order chi connectivity index (χ0) is 21.5. The molecule has 0 aromatic carbocycles. The van der Waals surface area contributed by atoms with Crippen LogP contribution >= 0.6 is 0 Å². The number of hydrogen-bond donors (Lipinski definition) is 6. The van der Waals surface area contributed by atoms with E-state index in [4.69, 9.17) is 25.5 Å². The fourth-order valence-corrected chi connectivity index (χ4v) is 2.31. The van der Waals surface area contributed by atoms with E-state index in [9.17, 15) is 33.9 Å². The fraction of sp³-hybridized carbons (Fsp3) is 0.538. The SMILES string of the molecule is CC(CN(C(=O)O)C(CC(=O)O)C(=O)O)N(C(=O)O)C(CC(=O)O)C(=O)O. The van der Waals surface area contributed by atoms with Crippen molar-refractivity contribution < 1.29 is 59.4 Å². The van der Waals surface area contributed by atoms with Gasteiger partial charge >= 0.3 is 36.1 Å². The van der Waals surface area contributed by atoms with Gasteiger partial charge < -0.3 is 30.6 Å². The molecule has 0 saturated carbocycles. The number of amides is 2. The quantitative estimate of drug-likeness (QED) is 0.252. The molecule has 3 atom stereocenters. The molecule has 0 saturated heterocycles. The van der Waals surface area contributed by atoms with Crippen LogP contribution in [0.25, 0.3) is 0 Å². The predicted octanol–water partition coefficient (Wildman–Crippen LogP) is -0.809. The highest BCUT2D eigenvalue weighted by atomic mass is 16.4. The van der Waals surface area contributed by atoms with E-state index in [1.807, 2.05) is 0 Å². The predicted molar refractivity (Wildman–Crippen MR) is 81.4 cm³/mol. The summed E-state index contributed by atoms with van der Waals surface area (Å²) in [4.78, 5) is 67.0. The molecule has 0 heterocycles. The molecule has 0 aliphatic heterocycles. The highest BCUT2D eigenvalue weighted by Crippen LogP contribution is 2.15. The van der Waals surface area contributed by atoms with Crippen LogP contribution in [-0.2, 0) is 19.2 Å². The average molecular weight is 394 g/mol. The Hall–Kier alpha value is -3.58. The smallest absolute Gasteiger partial charge is 0.408 e. The lowest BCUT2D eigenvalue weighted by Crippen LogP contribution is -2.56. The van der Waals surface area contributed by atoms with Crippen molar-refractivity contribution in [2.45, 2.75) is 37.9 Å². The molecule has 0 fully saturated rings. The minimum absolute atomic E-state index is 0.136. The standard InChI is InChI=1S/C13H18N2O12/c1-5(15(13(26)27)7(11(22)23)3-9(18)19)4-14(12(24)25)6(10(20)21)2-8(16)17/h5-7H,2-4H2,1H3,(H,16,17)(H,18,19)(H,20,21)(H,22,23)(H,24,25)(H,26,27). The Balaban J connectivity index is 5.78. The normalized spacial score (nSPS) is 13.7. The third-order valence-corrected chi connectivity index (χ3v) is 3.42. The molecule has 2 amide bonds. The van der Waals surface area contributed by atoms with Gasteiger partial charge in [0.1, 0.15) is 12.1 Å². The van der Waals surface area contributed by atoms with E-state index < -0.39 is 73.6 Å². The zero-order valence-electron chi connectivity index (χ0n) is 13.9. The second kappa shape index (κ2) is 9.79. The van der Waals surface area contributed by atoms with E-state index in [0.29, 0.717) is 0 Å². The van der Waals surface area contributed by atoms with Crippen molar-refractivity contribution >= 4 is 36.1 Å². The first-order valence-electron chi connectivity index (χ1n) is 7.19. The molecule has 0 aromatic heterocycles. The van der Waals surface area contributed by atoms with E-state index in [2.05, 4.69) is 0 Å². The Morgan fingerprint density at radius 3 is 1.41 bits per heavy atom. The van der Waals surface area contributed by atoms with E-state index in [-0.39, 0.29) is 9.80 Å². The van der Waals surface area contributed by atoms with Crippen molar-refractivity contribution in [3.63, 3.8) is 0 Å². The van der Waals surface area contributed by atoms with Gasteiger partial charge in [-0.1, -0.05) is 0 Å². The van der Waals surface area contributed by atoms with Crippen LogP contribution in [0.1, 0.15) is 19.8 Å². The lowest BCUT2D eigenvalue weighted by molar-refractivity contribution is -0.151. The fourth-order valence-electron chi connectivity index (χ4n) is 2.31. The minimum Gasteiger partial charge on any atom is -0.481 e. The van der Waals surface area contributed by atoms with Crippen LogP contribution in [0.3, 0.4) is 0 Å². The number of carbonyl (C=O) groups is 6. The van der Waals surface area contributed by atoms with Crippen molar-refractivity contribution in [2.75, 3.05) is 6.54 Å². The Labute approximate surface area is 150 Å². The summed E-state index contributed by atoms with van der Waals surface area (Å²) in [5, 5.41) is 54.0. The van der Waals surface area contributed by atoms with Gasteiger partial charge in [-0.05, 0) is 6.92 Å². The Bertz CT molecular complexity index is 633. The minimum atomic E-state index is -2.08. The van der Waals surface area contributed by atoms with Gasteiger partial charge in [0.25, 0.3) is 0 Å². The van der Waals surface area contributed by atoms with Gasteiger partial charge in [0.15, 0.2) is 0 Å². The van der Waals surface area contributed by atoms with E-state index in [0.717, 1.165) is 6.92 Å². The summed E-state index contributed by atoms with van der Waals surface area (Å²) in [7, 11) is 0. The summed E-state index contributed by atoms with van der Waals surface area (Å²) in [5.74, 6) is -6.89. The van der Waals surface area contributed by atoms with Crippen LogP contribution < -0.4 is 0 Å². The Morgan fingerprint density at radius 2 is 1.11 bits per heavy atom. The summed E-state index contributed by atoms with van der Waals surface area (Å²) in [6.45, 7) is 0.122. The molecule has 0 rings (SSSR count). The summed E-state index contributed by atoms with van der Waals surface area (Å²) in [6, 6.07) is -5.65. The first kappa shape index (κ1) is 23.4. The highest BCUT2D eigenvalue weighted by molar-refractivity contribution is 5.85. The van der Waals surface area contributed by atoms with E-state index in [1.165, 1.54) is 0 Å². The van der Waals surface area contributed by atoms with E-state index in [1.54, 1.807) is 0 Å². The van der Waals surface area contributed by atoms with Crippen molar-refractivity contribution in [2.24, 2.45) is 0 Å². The summed E-state index contributed by atoms with van der Waals surface area (Å²) in [5.41, 5.74) is 0. The van der Waals surface area contributed by atoms with Crippen LogP contribution in [0.5, 0.6) is 0 Å². The summed E-state index contributed by atoms with van der Waals surface area (Å²) in [6.07, 6.45) is -6.02. The summed E-state index contributed by atoms with van der Waals surface area (Å²) >= 11 is 0. The second-order valence-corrected chi connectivity index (χ2v) is 5.38. The monoisotopic (exact) mass is 394 g/mol. The maximum Gasteiger partial charge on any atom is 0.408 e. The maximum atomic E-state index is 11.4. The highest BCUT2D eigenvalue weighted by Gasteiger charge is 2.39. The summed E-state index contributed by atoms with van der Waals surface area (Å²) < 4.78 is 0. The number of carboxylic acid groups (broad SMARTS) is 6. The van der Waals surface area contributed by atoms with Crippen LogP contribution in [0.2, 0.25) is 0 Å². The van der Waals surface area contributed by atoms with Crippen molar-refractivity contribution in [1.29, 1.82) is 0 Å². The molecule has 3 unspecified atom stereocenters. The maximum absolute atomic E-state index is 11.4. The van der Waals surface area contributed by atoms with Gasteiger partial charge in [0.2, 0.25) is 0 Å². The molecule has 0 radical (unpaired) electrons. The molecule has 0 aromatic rings. The van der Waals surface area contributed by atoms with Crippen molar-refractivity contribution in [3.05, 3.63) is 0 Å². The third kappa shape index (κ3) is 7.05. The second-order valence-electron chi connectivity index (χ2n) is 5.38. The molecule has 14 heteroatoms. The number of nitrogens with zero attached hydrogens (tertiary/aromatic N) is 2. The zero-order valence-corrected chi connectivity index (χ0v) is 13.9. The number of hydrogen-bond acceptors (Lipinski definition) is 6. The van der Waals surface area contributed by atoms with Gasteiger partial charge in [0, 0.05) is 6.54 Å². The Morgan fingerprint density at radius 1 is 0.704 bits per heavy atom. The lowest BCUT2D eigenvalue weighted by Gasteiger charge is -2.35. The molecule has 27 heavy (non-hydrogen) atoms. The first-order valence-corrected chi connectivity index (χ1v) is 7.19.